The summed E-state index contributed by atoms with van der Waals surface area (Å²) in [4.78, 5) is 0. The Morgan fingerprint density at radius 2 is 1.69 bits per heavy atom. The molecule has 1 aliphatic carbocycles. The fraction of sp³-hybridized carbons (Fsp3) is 1.00. The van der Waals surface area contributed by atoms with Crippen molar-refractivity contribution in [1.82, 2.24) is 4.72 Å². The topological polar surface area (TPSA) is 46.2 Å². The van der Waals surface area contributed by atoms with Gasteiger partial charge < -0.3 is 0 Å². The minimum Gasteiger partial charge on any atom is -0.215 e. The Balaban J connectivity index is 2.07. The van der Waals surface area contributed by atoms with E-state index in [2.05, 4.69) is 4.72 Å². The number of rotatable bonds is 0. The van der Waals surface area contributed by atoms with Crippen molar-refractivity contribution in [3.05, 3.63) is 0 Å². The maximum Gasteiger partial charge on any atom is 0.211 e. The molecule has 0 aromatic heterocycles. The van der Waals surface area contributed by atoms with Crippen LogP contribution in [0.25, 0.3) is 0 Å². The maximum atomic E-state index is 11.3. The molecule has 2 atom stereocenters. The highest BCUT2D eigenvalue weighted by atomic mass is 32.2. The molecule has 0 bridgehead atoms. The van der Waals surface area contributed by atoms with Crippen LogP contribution in [-0.2, 0) is 10.0 Å². The number of nitrogens with one attached hydrogen (secondary N) is 1. The molecule has 76 valence electrons. The zero-order valence-corrected chi connectivity index (χ0v) is 8.65. The van der Waals surface area contributed by atoms with E-state index >= 15 is 0 Å². The molecule has 1 heterocycles. The van der Waals surface area contributed by atoms with Gasteiger partial charge in [-0.1, -0.05) is 19.3 Å². The third kappa shape index (κ3) is 2.23. The summed E-state index contributed by atoms with van der Waals surface area (Å²) in [5.74, 6) is 1.62. The van der Waals surface area contributed by atoms with Gasteiger partial charge in [-0.2, -0.15) is 0 Å². The quantitative estimate of drug-likeness (QED) is 0.641. The van der Waals surface area contributed by atoms with Crippen LogP contribution < -0.4 is 4.72 Å². The van der Waals surface area contributed by atoms with Crippen molar-refractivity contribution in [2.24, 2.45) is 11.8 Å². The van der Waals surface area contributed by atoms with E-state index in [1.165, 1.54) is 25.7 Å². The summed E-state index contributed by atoms with van der Waals surface area (Å²) in [5, 5.41) is 0. The summed E-state index contributed by atoms with van der Waals surface area (Å²) < 4.78 is 25.3. The van der Waals surface area contributed by atoms with E-state index in [4.69, 9.17) is 0 Å². The van der Waals surface area contributed by atoms with E-state index in [1.54, 1.807) is 0 Å². The predicted molar refractivity (Wildman–Crippen MR) is 51.9 cm³/mol. The molecule has 3 nitrogen and oxygen atoms in total. The van der Waals surface area contributed by atoms with Crippen molar-refractivity contribution < 1.29 is 8.42 Å². The lowest BCUT2D eigenvalue weighted by Crippen LogP contribution is -2.29. The van der Waals surface area contributed by atoms with E-state index in [0.717, 1.165) is 6.42 Å². The Morgan fingerprint density at radius 3 is 2.46 bits per heavy atom. The number of fused-ring (bicyclic) bond motifs is 1. The average molecular weight is 203 g/mol. The fourth-order valence-electron chi connectivity index (χ4n) is 2.55. The van der Waals surface area contributed by atoms with Gasteiger partial charge in [0.1, 0.15) is 0 Å². The number of sulfonamides is 1. The third-order valence-corrected chi connectivity index (χ3v) is 4.77. The standard InChI is InChI=1S/C9H17NO2S/c11-13(12)6-5-8-3-1-2-4-9(8)7-10-13/h8-10H,1-7H2/t8-,9-/m1/s1. The van der Waals surface area contributed by atoms with Gasteiger partial charge in [-0.05, 0) is 24.7 Å². The van der Waals surface area contributed by atoms with Gasteiger partial charge in [0.25, 0.3) is 0 Å². The molecular formula is C9H17NO2S. The third-order valence-electron chi connectivity index (χ3n) is 3.39. The van der Waals surface area contributed by atoms with Gasteiger partial charge in [-0.3, -0.25) is 0 Å². The Kier molecular flexibility index (Phi) is 2.60. The molecule has 0 radical (unpaired) electrons. The first-order valence-corrected chi connectivity index (χ1v) is 6.80. The average Bonchev–Trinajstić information content (AvgIpc) is 2.27. The zero-order valence-electron chi connectivity index (χ0n) is 7.83. The van der Waals surface area contributed by atoms with E-state index in [-0.39, 0.29) is 0 Å². The van der Waals surface area contributed by atoms with E-state index in [1.807, 2.05) is 0 Å². The van der Waals surface area contributed by atoms with Gasteiger partial charge in [0, 0.05) is 6.54 Å². The largest absolute Gasteiger partial charge is 0.215 e. The molecule has 0 aromatic carbocycles. The second-order valence-electron chi connectivity index (χ2n) is 4.26. The smallest absolute Gasteiger partial charge is 0.211 e. The monoisotopic (exact) mass is 203 g/mol. The maximum absolute atomic E-state index is 11.3. The second-order valence-corrected chi connectivity index (χ2v) is 6.19. The minimum atomic E-state index is -2.93. The normalized spacial score (nSPS) is 39.1. The zero-order chi connectivity index (χ0) is 9.31. The van der Waals surface area contributed by atoms with Gasteiger partial charge in [0.2, 0.25) is 10.0 Å². The van der Waals surface area contributed by atoms with Crippen molar-refractivity contribution in [3.8, 4) is 0 Å². The van der Waals surface area contributed by atoms with E-state index < -0.39 is 10.0 Å². The Labute approximate surface area is 80.0 Å². The summed E-state index contributed by atoms with van der Waals surface area (Å²) in [6, 6.07) is 0. The van der Waals surface area contributed by atoms with Gasteiger partial charge in [0.05, 0.1) is 5.75 Å². The van der Waals surface area contributed by atoms with Crippen LogP contribution >= 0.6 is 0 Å². The van der Waals surface area contributed by atoms with Crippen molar-refractivity contribution in [3.63, 3.8) is 0 Å². The molecule has 2 aliphatic rings. The summed E-state index contributed by atoms with van der Waals surface area (Å²) in [5.41, 5.74) is 0. The van der Waals surface area contributed by atoms with Crippen molar-refractivity contribution in [2.75, 3.05) is 12.3 Å². The van der Waals surface area contributed by atoms with Gasteiger partial charge >= 0.3 is 0 Å². The highest BCUT2D eigenvalue weighted by Gasteiger charge is 2.30. The molecule has 0 unspecified atom stereocenters. The van der Waals surface area contributed by atoms with Gasteiger partial charge in [0.15, 0.2) is 0 Å². The van der Waals surface area contributed by atoms with Crippen molar-refractivity contribution >= 4 is 10.0 Å². The minimum absolute atomic E-state index is 0.341. The van der Waals surface area contributed by atoms with Crippen LogP contribution in [0.3, 0.4) is 0 Å². The molecule has 13 heavy (non-hydrogen) atoms. The summed E-state index contributed by atoms with van der Waals surface area (Å²) in [6.45, 7) is 0.688. The summed E-state index contributed by atoms with van der Waals surface area (Å²) in [7, 11) is -2.93. The Hall–Kier alpha value is -0.0900. The van der Waals surface area contributed by atoms with Crippen LogP contribution in [0, 0.1) is 11.8 Å². The van der Waals surface area contributed by atoms with Crippen LogP contribution in [0.5, 0.6) is 0 Å². The van der Waals surface area contributed by atoms with Crippen LogP contribution in [0.4, 0.5) is 0 Å². The predicted octanol–water partition coefficient (Wildman–Crippen LogP) is 1.12. The highest BCUT2D eigenvalue weighted by molar-refractivity contribution is 7.89. The summed E-state index contributed by atoms with van der Waals surface area (Å²) in [6.07, 6.45) is 5.90. The van der Waals surface area contributed by atoms with Crippen LogP contribution in [0.1, 0.15) is 32.1 Å². The lowest BCUT2D eigenvalue weighted by Gasteiger charge is -2.28. The first-order chi connectivity index (χ1) is 6.17. The first kappa shape index (κ1) is 9.46. The second kappa shape index (κ2) is 3.58. The molecule has 2 fully saturated rings. The number of hydrogen-bond acceptors (Lipinski definition) is 2. The molecule has 1 N–H and O–H groups in total. The molecule has 2 rings (SSSR count). The molecule has 0 aromatic rings. The van der Waals surface area contributed by atoms with Crippen molar-refractivity contribution in [1.29, 1.82) is 0 Å². The Bertz CT molecular complexity index is 251. The van der Waals surface area contributed by atoms with Crippen LogP contribution in [0.15, 0.2) is 0 Å². The molecular weight excluding hydrogens is 186 g/mol. The molecule has 0 amide bonds. The molecule has 1 saturated heterocycles. The van der Waals surface area contributed by atoms with E-state index in [9.17, 15) is 8.42 Å². The van der Waals surface area contributed by atoms with Crippen molar-refractivity contribution in [2.45, 2.75) is 32.1 Å². The Morgan fingerprint density at radius 1 is 1.00 bits per heavy atom. The van der Waals surface area contributed by atoms with Gasteiger partial charge in [-0.25, -0.2) is 13.1 Å². The van der Waals surface area contributed by atoms with Gasteiger partial charge in [-0.15, -0.1) is 0 Å². The lowest BCUT2D eigenvalue weighted by molar-refractivity contribution is 0.239. The SMILES string of the molecule is O=S1(=O)CC[C@H]2CCCC[C@@H]2CN1. The molecule has 0 spiro atoms. The molecule has 4 heteroatoms. The molecule has 1 aliphatic heterocycles. The summed E-state index contributed by atoms with van der Waals surface area (Å²) >= 11 is 0. The van der Waals surface area contributed by atoms with Crippen LogP contribution in [-0.4, -0.2) is 20.7 Å². The number of hydrogen-bond donors (Lipinski definition) is 1. The fourth-order valence-corrected chi connectivity index (χ4v) is 3.77. The molecule has 1 saturated carbocycles. The van der Waals surface area contributed by atoms with Crippen LogP contribution in [0.2, 0.25) is 0 Å². The van der Waals surface area contributed by atoms with E-state index in [0.29, 0.717) is 24.1 Å². The lowest BCUT2D eigenvalue weighted by atomic mass is 9.78. The first-order valence-electron chi connectivity index (χ1n) is 5.15. The highest BCUT2D eigenvalue weighted by Crippen LogP contribution is 2.33.